The van der Waals surface area contributed by atoms with E-state index in [0.717, 1.165) is 47.4 Å². The van der Waals surface area contributed by atoms with Gasteiger partial charge in [0.05, 0.1) is 36.4 Å². The van der Waals surface area contributed by atoms with Gasteiger partial charge in [-0.05, 0) is 31.6 Å². The highest BCUT2D eigenvalue weighted by molar-refractivity contribution is 8.00. The Morgan fingerprint density at radius 1 is 1.16 bits per heavy atom. The number of carbonyl (C=O) groups excluding carboxylic acids is 4. The number of nitrogens with one attached hydrogen (secondary N) is 6. The molecular formula is C33H49N7O9S2. The molecule has 3 aliphatic heterocycles. The first-order valence-electron chi connectivity index (χ1n) is 17.5. The Labute approximate surface area is 305 Å². The number of aliphatic hydroxyl groups is 2. The fourth-order valence-corrected chi connectivity index (χ4v) is 8.99. The Kier molecular flexibility index (Phi) is 14.5. The lowest BCUT2D eigenvalue weighted by molar-refractivity contribution is -0.128. The molecule has 16 nitrogen and oxygen atoms in total. The molecule has 0 spiro atoms. The van der Waals surface area contributed by atoms with Crippen molar-refractivity contribution in [2.75, 3.05) is 12.4 Å². The first-order valence-corrected chi connectivity index (χ1v) is 19.0. The quantitative estimate of drug-likeness (QED) is 0.0390. The molecule has 51 heavy (non-hydrogen) atoms. The molecule has 8 N–H and O–H groups in total. The molecule has 3 unspecified atom stereocenters. The number of thioether (sulfide) groups is 1. The molecule has 3 fully saturated rings. The number of rotatable bonds is 20. The van der Waals surface area contributed by atoms with E-state index in [9.17, 15) is 39.0 Å². The van der Waals surface area contributed by atoms with Crippen LogP contribution in [-0.2, 0) is 24.5 Å². The van der Waals surface area contributed by atoms with Crippen LogP contribution in [0.2, 0.25) is 0 Å². The molecule has 9 atom stereocenters. The van der Waals surface area contributed by atoms with Crippen molar-refractivity contribution in [1.29, 1.82) is 5.41 Å². The van der Waals surface area contributed by atoms with Crippen LogP contribution in [0.3, 0.4) is 0 Å². The number of amides is 4. The zero-order valence-electron chi connectivity index (χ0n) is 28.9. The molecule has 3 saturated heterocycles. The molecule has 3 aliphatic rings. The second kappa shape index (κ2) is 18.3. The van der Waals surface area contributed by atoms with Crippen molar-refractivity contribution in [2.45, 2.75) is 131 Å². The maximum atomic E-state index is 14.4. The van der Waals surface area contributed by atoms with Gasteiger partial charge < -0.3 is 41.6 Å². The highest BCUT2D eigenvalue weighted by Crippen LogP contribution is 2.35. The van der Waals surface area contributed by atoms with E-state index >= 15 is 0 Å². The molecule has 1 aromatic heterocycles. The number of aromatic amines is 1. The standard InChI is InChI=1S/C33H49N7O9S2/c1-3-4-5-9-26(44)35-18(2)33(25(43)11-12-50,19-15-40(32(48)39-30(19)46)28-13-21(42)22(16-41)49-28)24(14-34)37-27(45)10-7-6-8-23-29-20(17-51-23)36-31(47)38-29/h12,14-15,18,20-24,28-29,34,41-42H,3-11,13,16-17H2,1-2H3,(H,35,44)(H,37,45)(H2,36,38,47)(H,39,46,48)/t18?,20-,21-,22+,23-,24?,28+,29-,33?/m0/s1. The predicted octanol–water partition coefficient (Wildman–Crippen LogP) is 0.319. The van der Waals surface area contributed by atoms with Gasteiger partial charge in [0.1, 0.15) is 17.7 Å². The van der Waals surface area contributed by atoms with Crippen molar-refractivity contribution in [2.24, 2.45) is 0 Å². The third-order valence-corrected chi connectivity index (χ3v) is 11.6. The number of nitrogens with zero attached hydrogens (tertiary/aromatic N) is 1. The van der Waals surface area contributed by atoms with Crippen molar-refractivity contribution in [3.05, 3.63) is 32.6 Å². The predicted molar refractivity (Wildman–Crippen MR) is 194 cm³/mol. The molecule has 4 rings (SSSR count). The van der Waals surface area contributed by atoms with Crippen LogP contribution in [0.5, 0.6) is 0 Å². The number of thiocarbonyl (C=S) groups is 1. The number of H-pyrrole nitrogens is 1. The monoisotopic (exact) mass is 751 g/mol. The third kappa shape index (κ3) is 9.14. The summed E-state index contributed by atoms with van der Waals surface area (Å²) in [7, 11) is 0. The van der Waals surface area contributed by atoms with Crippen molar-refractivity contribution in [1.82, 2.24) is 30.8 Å². The van der Waals surface area contributed by atoms with Gasteiger partial charge in [-0.3, -0.25) is 28.7 Å². The number of unbranched alkanes of at least 4 members (excludes halogenated alkanes) is 3. The molecule has 4 heterocycles. The minimum absolute atomic E-state index is 0.0268. The smallest absolute Gasteiger partial charge is 0.330 e. The zero-order valence-corrected chi connectivity index (χ0v) is 30.5. The maximum absolute atomic E-state index is 14.4. The summed E-state index contributed by atoms with van der Waals surface area (Å²) in [6.07, 6.45) is 2.45. The average molecular weight is 752 g/mol. The summed E-state index contributed by atoms with van der Waals surface area (Å²) < 4.78 is 6.67. The Balaban J connectivity index is 1.66. The van der Waals surface area contributed by atoms with Gasteiger partial charge >= 0.3 is 11.7 Å². The van der Waals surface area contributed by atoms with E-state index in [1.165, 1.54) is 6.92 Å². The number of fused-ring (bicyclic) bond motifs is 1. The molecular weight excluding hydrogens is 703 g/mol. The molecule has 282 valence electrons. The van der Waals surface area contributed by atoms with E-state index in [4.69, 9.17) is 22.4 Å². The summed E-state index contributed by atoms with van der Waals surface area (Å²) in [6, 6.07) is -2.75. The van der Waals surface area contributed by atoms with Gasteiger partial charge in [0.15, 0.2) is 5.78 Å². The third-order valence-electron chi connectivity index (χ3n) is 9.96. The fraction of sp³-hybridized carbons (Fsp3) is 0.697. The van der Waals surface area contributed by atoms with Crippen LogP contribution in [0.15, 0.2) is 15.8 Å². The van der Waals surface area contributed by atoms with Crippen molar-refractivity contribution >= 4 is 59.2 Å². The van der Waals surface area contributed by atoms with E-state index in [1.807, 2.05) is 6.92 Å². The highest BCUT2D eigenvalue weighted by atomic mass is 32.2. The molecule has 0 saturated carbocycles. The molecule has 0 aliphatic carbocycles. The van der Waals surface area contributed by atoms with Crippen LogP contribution in [0.4, 0.5) is 4.79 Å². The number of hydrogen-bond donors (Lipinski definition) is 8. The van der Waals surface area contributed by atoms with Crippen molar-refractivity contribution in [3.8, 4) is 0 Å². The minimum atomic E-state index is -2.13. The SMILES string of the molecule is CCCCCC(=O)NC(C)C(C(=O)CC=S)(c1cn([C@H]2C[C@H](O)[C@@H](CO)O2)c(=O)[nH]c1=O)C(C=N)NC(=O)CCCC[C@@H]1SC[C@@H]2NC(=O)N[C@@H]21. The maximum Gasteiger partial charge on any atom is 0.330 e. The number of carbonyl (C=O) groups is 4. The molecule has 4 amide bonds. The number of ether oxygens (including phenoxy) is 1. The average Bonchev–Trinajstić information content (AvgIpc) is 3.77. The fourth-order valence-electron chi connectivity index (χ4n) is 7.29. The van der Waals surface area contributed by atoms with E-state index < -0.39 is 71.4 Å². The number of aromatic nitrogens is 2. The lowest BCUT2D eigenvalue weighted by Crippen LogP contribution is -2.67. The number of ketones is 1. The van der Waals surface area contributed by atoms with Gasteiger partial charge in [-0.2, -0.15) is 11.8 Å². The van der Waals surface area contributed by atoms with Gasteiger partial charge in [-0.25, -0.2) is 9.59 Å². The molecule has 1 aromatic rings. The van der Waals surface area contributed by atoms with Crippen LogP contribution in [0.1, 0.15) is 89.8 Å². The Morgan fingerprint density at radius 2 is 1.86 bits per heavy atom. The van der Waals surface area contributed by atoms with Gasteiger partial charge in [0.25, 0.3) is 5.56 Å². The lowest BCUT2D eigenvalue weighted by Gasteiger charge is -2.42. The molecule has 0 radical (unpaired) electrons. The van der Waals surface area contributed by atoms with Crippen LogP contribution in [-0.4, -0.2) is 109 Å². The number of hydrogen-bond acceptors (Lipinski definition) is 12. The Morgan fingerprint density at radius 3 is 2.51 bits per heavy atom. The van der Waals surface area contributed by atoms with Crippen LogP contribution in [0, 0.1) is 5.41 Å². The zero-order chi connectivity index (χ0) is 37.3. The minimum Gasteiger partial charge on any atom is -0.394 e. The van der Waals surface area contributed by atoms with Crippen LogP contribution >= 0.6 is 24.0 Å². The number of urea groups is 1. The second-order valence-corrected chi connectivity index (χ2v) is 14.9. The van der Waals surface area contributed by atoms with E-state index in [2.05, 4.69) is 26.3 Å². The van der Waals surface area contributed by atoms with Gasteiger partial charge in [-0.1, -0.05) is 38.4 Å². The van der Waals surface area contributed by atoms with E-state index in [1.54, 1.807) is 11.8 Å². The highest BCUT2D eigenvalue weighted by Gasteiger charge is 2.53. The summed E-state index contributed by atoms with van der Waals surface area (Å²) in [5.41, 5.74) is -4.36. The molecule has 0 bridgehead atoms. The topological polar surface area (TPSA) is 245 Å². The van der Waals surface area contributed by atoms with E-state index in [-0.39, 0.29) is 54.6 Å². The normalized spacial score (nSPS) is 26.2. The van der Waals surface area contributed by atoms with Crippen molar-refractivity contribution in [3.63, 3.8) is 0 Å². The molecule has 0 aromatic carbocycles. The molecule has 18 heteroatoms. The second-order valence-electron chi connectivity index (χ2n) is 13.3. The van der Waals surface area contributed by atoms with Gasteiger partial charge in [-0.15, -0.1) is 0 Å². The largest absolute Gasteiger partial charge is 0.394 e. The first kappa shape index (κ1) is 40.3. The summed E-state index contributed by atoms with van der Waals surface area (Å²) in [5, 5.41) is 41.2. The summed E-state index contributed by atoms with van der Waals surface area (Å²) in [5.74, 6) is -0.800. The summed E-state index contributed by atoms with van der Waals surface area (Å²) in [4.78, 5) is 81.9. The van der Waals surface area contributed by atoms with E-state index in [0.29, 0.717) is 19.3 Å². The first-order chi connectivity index (χ1) is 24.4. The Bertz CT molecular complexity index is 1570. The number of aliphatic hydroxyl groups excluding tert-OH is 2. The lowest BCUT2D eigenvalue weighted by atomic mass is 9.66. The summed E-state index contributed by atoms with van der Waals surface area (Å²) >= 11 is 6.80. The Hall–Kier alpha value is -3.45. The van der Waals surface area contributed by atoms with Crippen LogP contribution in [0.25, 0.3) is 0 Å². The van der Waals surface area contributed by atoms with Crippen molar-refractivity contribution < 1.29 is 34.1 Å². The van der Waals surface area contributed by atoms with Crippen LogP contribution < -0.4 is 32.5 Å². The van der Waals surface area contributed by atoms with Gasteiger partial charge in [0.2, 0.25) is 11.8 Å². The van der Waals surface area contributed by atoms with Gasteiger partial charge in [0, 0.05) is 55.1 Å². The number of Topliss-reactive ketones (excluding diaryl/α,β-unsaturated/α-hetero) is 1. The summed E-state index contributed by atoms with van der Waals surface area (Å²) in [6.45, 7) is 2.95.